The van der Waals surface area contributed by atoms with E-state index in [0.29, 0.717) is 11.8 Å². The van der Waals surface area contributed by atoms with E-state index >= 15 is 0 Å². The summed E-state index contributed by atoms with van der Waals surface area (Å²) in [4.78, 5) is 0. The summed E-state index contributed by atoms with van der Waals surface area (Å²) in [6.07, 6.45) is 4.32. The molecule has 0 aromatic heterocycles. The van der Waals surface area contributed by atoms with Crippen LogP contribution in [0.1, 0.15) is 41.5 Å². The van der Waals surface area contributed by atoms with E-state index in [-0.39, 0.29) is 5.92 Å². The van der Waals surface area contributed by atoms with Gasteiger partial charge in [0.1, 0.15) is 0 Å². The summed E-state index contributed by atoms with van der Waals surface area (Å²) in [5.41, 5.74) is -0.604. The van der Waals surface area contributed by atoms with E-state index in [1.807, 2.05) is 20.8 Å². The fraction of sp³-hybridized carbons (Fsp3) is 0.833. The van der Waals surface area contributed by atoms with Crippen molar-refractivity contribution in [3.05, 3.63) is 12.2 Å². The SMILES string of the molecule is CC(C)C(C)C=CC(C)C(C)(C)O. The molecule has 1 heteroatoms. The van der Waals surface area contributed by atoms with Crippen molar-refractivity contribution in [2.75, 3.05) is 0 Å². The van der Waals surface area contributed by atoms with Gasteiger partial charge < -0.3 is 5.11 Å². The number of rotatable bonds is 4. The molecule has 0 aliphatic heterocycles. The lowest BCUT2D eigenvalue weighted by Gasteiger charge is -2.23. The Labute approximate surface area is 82.9 Å². The zero-order valence-corrected chi connectivity index (χ0v) is 9.83. The second kappa shape index (κ2) is 4.80. The van der Waals surface area contributed by atoms with E-state index in [9.17, 15) is 5.11 Å². The van der Waals surface area contributed by atoms with Gasteiger partial charge in [-0.25, -0.2) is 0 Å². The number of aliphatic hydroxyl groups is 1. The first-order chi connectivity index (χ1) is 5.75. The summed E-state index contributed by atoms with van der Waals surface area (Å²) in [7, 11) is 0. The van der Waals surface area contributed by atoms with Crippen LogP contribution in [0.5, 0.6) is 0 Å². The van der Waals surface area contributed by atoms with Crippen molar-refractivity contribution in [1.29, 1.82) is 0 Å². The van der Waals surface area contributed by atoms with Gasteiger partial charge in [0.25, 0.3) is 0 Å². The van der Waals surface area contributed by atoms with Crippen molar-refractivity contribution in [2.24, 2.45) is 17.8 Å². The highest BCUT2D eigenvalue weighted by Crippen LogP contribution is 2.19. The maximum atomic E-state index is 9.69. The average Bonchev–Trinajstić information content (AvgIpc) is 1.97. The summed E-state index contributed by atoms with van der Waals surface area (Å²) >= 11 is 0. The number of hydrogen-bond acceptors (Lipinski definition) is 1. The lowest BCUT2D eigenvalue weighted by Crippen LogP contribution is -2.27. The van der Waals surface area contributed by atoms with Gasteiger partial charge in [-0.2, -0.15) is 0 Å². The van der Waals surface area contributed by atoms with Gasteiger partial charge in [0.05, 0.1) is 5.60 Å². The molecule has 1 N–H and O–H groups in total. The van der Waals surface area contributed by atoms with Gasteiger partial charge in [-0.05, 0) is 25.7 Å². The fourth-order valence-corrected chi connectivity index (χ4v) is 0.800. The molecule has 0 aliphatic carbocycles. The van der Waals surface area contributed by atoms with E-state index in [1.54, 1.807) is 0 Å². The molecule has 0 aromatic carbocycles. The lowest BCUT2D eigenvalue weighted by molar-refractivity contribution is 0.0439. The predicted molar refractivity (Wildman–Crippen MR) is 58.6 cm³/mol. The molecule has 0 spiro atoms. The molecule has 0 radical (unpaired) electrons. The lowest BCUT2D eigenvalue weighted by atomic mass is 9.90. The van der Waals surface area contributed by atoms with Crippen LogP contribution in [-0.2, 0) is 0 Å². The van der Waals surface area contributed by atoms with Crippen LogP contribution in [0.3, 0.4) is 0 Å². The minimum atomic E-state index is -0.604. The highest BCUT2D eigenvalue weighted by molar-refractivity contribution is 4.96. The van der Waals surface area contributed by atoms with Crippen LogP contribution < -0.4 is 0 Å². The molecular formula is C12H24O. The molecule has 2 unspecified atom stereocenters. The predicted octanol–water partition coefficient (Wildman–Crippen LogP) is 3.24. The van der Waals surface area contributed by atoms with Crippen LogP contribution in [0.15, 0.2) is 12.2 Å². The monoisotopic (exact) mass is 184 g/mol. The first-order valence-electron chi connectivity index (χ1n) is 5.16. The molecule has 0 amide bonds. The Morgan fingerprint density at radius 3 is 1.77 bits per heavy atom. The highest BCUT2D eigenvalue weighted by Gasteiger charge is 2.19. The Kier molecular flexibility index (Phi) is 4.69. The summed E-state index contributed by atoms with van der Waals surface area (Å²) in [6, 6.07) is 0. The third-order valence-electron chi connectivity index (χ3n) is 2.87. The number of allylic oxidation sites excluding steroid dienone is 1. The fourth-order valence-electron chi connectivity index (χ4n) is 0.800. The largest absolute Gasteiger partial charge is 0.390 e. The molecule has 0 rings (SSSR count). The standard InChI is InChI=1S/C12H24O/c1-9(2)10(3)7-8-11(4)12(5,6)13/h7-11,13H,1-6H3. The van der Waals surface area contributed by atoms with Crippen LogP contribution in [0, 0.1) is 17.8 Å². The molecule has 2 atom stereocenters. The summed E-state index contributed by atoms with van der Waals surface area (Å²) < 4.78 is 0. The quantitative estimate of drug-likeness (QED) is 0.665. The molecule has 0 aromatic rings. The normalized spacial score (nSPS) is 18.2. The summed E-state index contributed by atoms with van der Waals surface area (Å²) in [5.74, 6) is 1.48. The van der Waals surface area contributed by atoms with Gasteiger partial charge in [0, 0.05) is 5.92 Å². The molecule has 13 heavy (non-hydrogen) atoms. The molecule has 0 bridgehead atoms. The topological polar surface area (TPSA) is 20.2 Å². The third-order valence-corrected chi connectivity index (χ3v) is 2.87. The zero-order valence-electron chi connectivity index (χ0n) is 9.83. The van der Waals surface area contributed by atoms with E-state index < -0.39 is 5.60 Å². The molecule has 0 saturated carbocycles. The highest BCUT2D eigenvalue weighted by atomic mass is 16.3. The van der Waals surface area contributed by atoms with E-state index in [1.165, 1.54) is 0 Å². The van der Waals surface area contributed by atoms with Crippen LogP contribution in [-0.4, -0.2) is 10.7 Å². The minimum absolute atomic E-state index is 0.216. The maximum absolute atomic E-state index is 9.69. The van der Waals surface area contributed by atoms with Gasteiger partial charge in [-0.15, -0.1) is 0 Å². The average molecular weight is 184 g/mol. The Hall–Kier alpha value is -0.300. The second-order valence-corrected chi connectivity index (χ2v) is 4.93. The van der Waals surface area contributed by atoms with Gasteiger partial charge in [0.15, 0.2) is 0 Å². The van der Waals surface area contributed by atoms with Crippen molar-refractivity contribution >= 4 is 0 Å². The van der Waals surface area contributed by atoms with Crippen molar-refractivity contribution in [3.63, 3.8) is 0 Å². The van der Waals surface area contributed by atoms with Gasteiger partial charge in [-0.1, -0.05) is 39.8 Å². The molecule has 0 saturated heterocycles. The second-order valence-electron chi connectivity index (χ2n) is 4.93. The van der Waals surface area contributed by atoms with E-state index in [2.05, 4.69) is 32.9 Å². The Morgan fingerprint density at radius 1 is 1.00 bits per heavy atom. The third kappa shape index (κ3) is 5.09. The Balaban J connectivity index is 4.12. The minimum Gasteiger partial charge on any atom is -0.390 e. The summed E-state index contributed by atoms with van der Waals surface area (Å²) in [6.45, 7) is 12.4. The Bertz CT molecular complexity index is 162. The van der Waals surface area contributed by atoms with Crippen molar-refractivity contribution in [2.45, 2.75) is 47.1 Å². The maximum Gasteiger partial charge on any atom is 0.0651 e. The molecule has 0 fully saturated rings. The van der Waals surface area contributed by atoms with Crippen molar-refractivity contribution in [1.82, 2.24) is 0 Å². The van der Waals surface area contributed by atoms with Crippen LogP contribution in [0.25, 0.3) is 0 Å². The zero-order chi connectivity index (χ0) is 10.6. The molecule has 1 nitrogen and oxygen atoms in total. The Morgan fingerprint density at radius 2 is 1.46 bits per heavy atom. The van der Waals surface area contributed by atoms with Gasteiger partial charge in [-0.3, -0.25) is 0 Å². The first kappa shape index (κ1) is 12.7. The molecule has 0 aliphatic rings. The van der Waals surface area contributed by atoms with E-state index in [4.69, 9.17) is 0 Å². The van der Waals surface area contributed by atoms with Gasteiger partial charge >= 0.3 is 0 Å². The van der Waals surface area contributed by atoms with Crippen LogP contribution >= 0.6 is 0 Å². The van der Waals surface area contributed by atoms with Crippen LogP contribution in [0.2, 0.25) is 0 Å². The van der Waals surface area contributed by atoms with Crippen molar-refractivity contribution in [3.8, 4) is 0 Å². The first-order valence-corrected chi connectivity index (χ1v) is 5.16. The van der Waals surface area contributed by atoms with Crippen LogP contribution in [0.4, 0.5) is 0 Å². The molecule has 78 valence electrons. The molecule has 0 heterocycles. The van der Waals surface area contributed by atoms with Gasteiger partial charge in [0.2, 0.25) is 0 Å². The summed E-state index contributed by atoms with van der Waals surface area (Å²) in [5, 5.41) is 9.69. The van der Waals surface area contributed by atoms with E-state index in [0.717, 1.165) is 0 Å². The number of hydrogen-bond donors (Lipinski definition) is 1. The molecular weight excluding hydrogens is 160 g/mol. The van der Waals surface area contributed by atoms with Crippen molar-refractivity contribution < 1.29 is 5.11 Å². The smallest absolute Gasteiger partial charge is 0.0651 e.